The van der Waals surface area contributed by atoms with Crippen molar-refractivity contribution in [2.24, 2.45) is 0 Å². The van der Waals surface area contributed by atoms with Crippen LogP contribution in [0, 0.1) is 5.82 Å². The summed E-state index contributed by atoms with van der Waals surface area (Å²) in [4.78, 5) is 14.4. The van der Waals surface area contributed by atoms with Crippen LogP contribution in [0.1, 0.15) is 36.2 Å². The van der Waals surface area contributed by atoms with Crippen LogP contribution in [0.3, 0.4) is 0 Å². The van der Waals surface area contributed by atoms with E-state index in [9.17, 15) is 9.18 Å². The van der Waals surface area contributed by atoms with Gasteiger partial charge in [-0.25, -0.2) is 9.07 Å². The van der Waals surface area contributed by atoms with E-state index in [-0.39, 0.29) is 11.7 Å². The number of halogens is 1. The second-order valence-electron chi connectivity index (χ2n) is 5.55. The molecule has 0 aliphatic carbocycles. The number of nitrogens with two attached hydrogens (primary N) is 1. The van der Waals surface area contributed by atoms with Crippen molar-refractivity contribution in [2.75, 3.05) is 18.8 Å². The molecule has 0 radical (unpaired) electrons. The van der Waals surface area contributed by atoms with Crippen LogP contribution in [0.25, 0.3) is 5.69 Å². The number of carbonyl (C=O) groups excluding carboxylic acids is 1. The molecule has 116 valence electrons. The van der Waals surface area contributed by atoms with Crippen LogP contribution in [0.4, 0.5) is 10.2 Å². The first-order valence-corrected chi connectivity index (χ1v) is 7.56. The summed E-state index contributed by atoms with van der Waals surface area (Å²) in [5.74, 6) is -0.0467. The average molecular weight is 302 g/mol. The van der Waals surface area contributed by atoms with E-state index in [0.29, 0.717) is 17.2 Å². The third-order valence-corrected chi connectivity index (χ3v) is 3.92. The van der Waals surface area contributed by atoms with Crippen LogP contribution < -0.4 is 5.73 Å². The first-order chi connectivity index (χ1) is 10.6. The number of benzene rings is 1. The van der Waals surface area contributed by atoms with E-state index in [1.807, 2.05) is 4.90 Å². The maximum absolute atomic E-state index is 13.0. The molecule has 2 N–H and O–H groups in total. The summed E-state index contributed by atoms with van der Waals surface area (Å²) in [7, 11) is 0. The van der Waals surface area contributed by atoms with Gasteiger partial charge in [0.05, 0.1) is 5.69 Å². The molecule has 0 unspecified atom stereocenters. The highest BCUT2D eigenvalue weighted by Gasteiger charge is 2.21. The molecule has 3 rings (SSSR count). The fraction of sp³-hybridized carbons (Fsp3) is 0.375. The molecular formula is C16H19FN4O. The van der Waals surface area contributed by atoms with Crippen LogP contribution in [0.5, 0.6) is 0 Å². The number of likely N-dealkylation sites (tertiary alicyclic amines) is 1. The molecule has 1 aromatic heterocycles. The standard InChI is InChI=1S/C16H19FN4O/c17-12-5-7-13(8-6-12)21-15(18)11-14(19-21)16(22)20-9-3-1-2-4-10-20/h5-8,11H,1-4,9-10,18H2. The average Bonchev–Trinajstić information content (AvgIpc) is 2.74. The molecule has 0 spiro atoms. The summed E-state index contributed by atoms with van der Waals surface area (Å²) in [5, 5.41) is 4.29. The van der Waals surface area contributed by atoms with Crippen LogP contribution in [-0.2, 0) is 0 Å². The smallest absolute Gasteiger partial charge is 0.274 e. The monoisotopic (exact) mass is 302 g/mol. The molecule has 0 saturated carbocycles. The lowest BCUT2D eigenvalue weighted by atomic mass is 10.2. The fourth-order valence-electron chi connectivity index (χ4n) is 2.72. The van der Waals surface area contributed by atoms with Crippen molar-refractivity contribution < 1.29 is 9.18 Å². The van der Waals surface area contributed by atoms with Crippen LogP contribution >= 0.6 is 0 Å². The summed E-state index contributed by atoms with van der Waals surface area (Å²) < 4.78 is 14.5. The molecule has 0 bridgehead atoms. The van der Waals surface area contributed by atoms with Crippen molar-refractivity contribution in [1.82, 2.24) is 14.7 Å². The number of amides is 1. The number of anilines is 1. The number of nitrogens with zero attached hydrogens (tertiary/aromatic N) is 3. The summed E-state index contributed by atoms with van der Waals surface area (Å²) in [5.41, 5.74) is 6.92. The molecule has 2 aromatic rings. The highest BCUT2D eigenvalue weighted by Crippen LogP contribution is 2.18. The number of aromatic nitrogens is 2. The van der Waals surface area contributed by atoms with E-state index < -0.39 is 0 Å². The van der Waals surface area contributed by atoms with Crippen LogP contribution in [-0.4, -0.2) is 33.7 Å². The Balaban J connectivity index is 1.84. The van der Waals surface area contributed by atoms with Gasteiger partial charge in [-0.05, 0) is 37.1 Å². The van der Waals surface area contributed by atoms with Gasteiger partial charge in [-0.2, -0.15) is 5.10 Å². The van der Waals surface area contributed by atoms with Gasteiger partial charge in [0.1, 0.15) is 11.6 Å². The van der Waals surface area contributed by atoms with Crippen molar-refractivity contribution in [3.63, 3.8) is 0 Å². The Morgan fingerprint density at radius 3 is 2.36 bits per heavy atom. The Labute approximate surface area is 128 Å². The van der Waals surface area contributed by atoms with Crippen molar-refractivity contribution in [3.8, 4) is 5.69 Å². The first kappa shape index (κ1) is 14.6. The Bertz CT molecular complexity index is 657. The SMILES string of the molecule is Nc1cc(C(=O)N2CCCCCC2)nn1-c1ccc(F)cc1. The molecule has 2 heterocycles. The van der Waals surface area contributed by atoms with E-state index in [0.717, 1.165) is 38.8 Å². The Kier molecular flexibility index (Phi) is 4.09. The lowest BCUT2D eigenvalue weighted by Crippen LogP contribution is -2.32. The number of rotatable bonds is 2. The van der Waals surface area contributed by atoms with Crippen LogP contribution in [0.2, 0.25) is 0 Å². The summed E-state index contributed by atoms with van der Waals surface area (Å²) in [6.45, 7) is 1.53. The summed E-state index contributed by atoms with van der Waals surface area (Å²) >= 11 is 0. The van der Waals surface area contributed by atoms with Gasteiger partial charge >= 0.3 is 0 Å². The number of carbonyl (C=O) groups is 1. The zero-order valence-electron chi connectivity index (χ0n) is 12.3. The molecule has 1 fully saturated rings. The summed E-state index contributed by atoms with van der Waals surface area (Å²) in [6, 6.07) is 7.42. The minimum absolute atomic E-state index is 0.0885. The van der Waals surface area contributed by atoms with Crippen molar-refractivity contribution in [1.29, 1.82) is 0 Å². The molecule has 22 heavy (non-hydrogen) atoms. The zero-order chi connectivity index (χ0) is 15.5. The van der Waals surface area contributed by atoms with Crippen molar-refractivity contribution >= 4 is 11.7 Å². The second-order valence-corrected chi connectivity index (χ2v) is 5.55. The van der Waals surface area contributed by atoms with E-state index >= 15 is 0 Å². The number of hydrogen-bond acceptors (Lipinski definition) is 3. The third kappa shape index (κ3) is 2.95. The highest BCUT2D eigenvalue weighted by molar-refractivity contribution is 5.93. The zero-order valence-corrected chi connectivity index (χ0v) is 12.3. The van der Waals surface area contributed by atoms with Crippen molar-refractivity contribution in [3.05, 3.63) is 41.8 Å². The van der Waals surface area contributed by atoms with E-state index in [1.165, 1.54) is 16.8 Å². The van der Waals surface area contributed by atoms with E-state index in [2.05, 4.69) is 5.10 Å². The normalized spacial score (nSPS) is 15.6. The quantitative estimate of drug-likeness (QED) is 0.927. The van der Waals surface area contributed by atoms with Gasteiger partial charge in [0, 0.05) is 19.2 Å². The Morgan fingerprint density at radius 1 is 1.09 bits per heavy atom. The maximum Gasteiger partial charge on any atom is 0.274 e. The molecule has 1 saturated heterocycles. The van der Waals surface area contributed by atoms with E-state index in [4.69, 9.17) is 5.73 Å². The highest BCUT2D eigenvalue weighted by atomic mass is 19.1. The lowest BCUT2D eigenvalue weighted by Gasteiger charge is -2.18. The Morgan fingerprint density at radius 2 is 1.73 bits per heavy atom. The van der Waals surface area contributed by atoms with Gasteiger partial charge in [-0.1, -0.05) is 12.8 Å². The van der Waals surface area contributed by atoms with Gasteiger partial charge in [-0.15, -0.1) is 0 Å². The lowest BCUT2D eigenvalue weighted by molar-refractivity contribution is 0.0755. The second kappa shape index (κ2) is 6.17. The minimum Gasteiger partial charge on any atom is -0.384 e. The van der Waals surface area contributed by atoms with E-state index in [1.54, 1.807) is 18.2 Å². The van der Waals surface area contributed by atoms with Gasteiger partial charge in [0.25, 0.3) is 5.91 Å². The molecule has 1 aromatic carbocycles. The Hall–Kier alpha value is -2.37. The minimum atomic E-state index is -0.324. The molecule has 1 aliphatic rings. The topological polar surface area (TPSA) is 64.2 Å². The molecule has 6 heteroatoms. The van der Waals surface area contributed by atoms with Crippen LogP contribution in [0.15, 0.2) is 30.3 Å². The largest absolute Gasteiger partial charge is 0.384 e. The molecule has 1 amide bonds. The first-order valence-electron chi connectivity index (χ1n) is 7.56. The predicted octanol–water partition coefficient (Wildman–Crippen LogP) is 2.61. The third-order valence-electron chi connectivity index (χ3n) is 3.92. The van der Waals surface area contributed by atoms with Gasteiger partial charge in [0.15, 0.2) is 5.69 Å². The maximum atomic E-state index is 13.0. The molecule has 0 atom stereocenters. The van der Waals surface area contributed by atoms with Gasteiger partial charge in [-0.3, -0.25) is 4.79 Å². The van der Waals surface area contributed by atoms with Gasteiger partial charge < -0.3 is 10.6 Å². The number of hydrogen-bond donors (Lipinski definition) is 1. The van der Waals surface area contributed by atoms with Gasteiger partial charge in [0.2, 0.25) is 0 Å². The summed E-state index contributed by atoms with van der Waals surface area (Å²) in [6.07, 6.45) is 4.38. The molecule has 1 aliphatic heterocycles. The fourth-order valence-corrected chi connectivity index (χ4v) is 2.72. The van der Waals surface area contributed by atoms with Crippen molar-refractivity contribution in [2.45, 2.75) is 25.7 Å². The molecule has 5 nitrogen and oxygen atoms in total. The number of nitrogen functional groups attached to an aromatic ring is 1. The predicted molar refractivity (Wildman–Crippen MR) is 82.3 cm³/mol. The molecular weight excluding hydrogens is 283 g/mol.